The highest BCUT2D eigenvalue weighted by Crippen LogP contribution is 2.56. The third-order valence-electron chi connectivity index (χ3n) is 14.9. The minimum Gasteiger partial charge on any atom is -0.309 e. The molecule has 0 amide bonds. The van der Waals surface area contributed by atoms with E-state index in [2.05, 4.69) is 291 Å². The van der Waals surface area contributed by atoms with Crippen LogP contribution in [0, 0.1) is 0 Å². The molecule has 0 heterocycles. The van der Waals surface area contributed by atoms with Gasteiger partial charge in [0, 0.05) is 27.8 Å². The molecule has 0 spiro atoms. The first-order valence-corrected chi connectivity index (χ1v) is 24.7. The molecule has 0 fully saturated rings. The Bertz CT molecular complexity index is 3860. The lowest BCUT2D eigenvalue weighted by molar-refractivity contribution is 0.714. The molecule has 1 unspecified atom stereocenters. The molecule has 0 N–H and O–H groups in total. The maximum Gasteiger partial charge on any atom is 0.0618 e. The van der Waals surface area contributed by atoms with Gasteiger partial charge in [0.25, 0.3) is 0 Å². The summed E-state index contributed by atoms with van der Waals surface area (Å²) >= 11 is 0. The Morgan fingerprint density at radius 2 is 0.746 bits per heavy atom. The van der Waals surface area contributed by atoms with Gasteiger partial charge in [-0.2, -0.15) is 0 Å². The van der Waals surface area contributed by atoms with Crippen LogP contribution in [0.2, 0.25) is 0 Å². The number of hydrogen-bond donors (Lipinski definition) is 0. The van der Waals surface area contributed by atoms with Crippen LogP contribution in [0.4, 0.5) is 17.1 Å². The first-order chi connectivity index (χ1) is 35.1. The van der Waals surface area contributed by atoms with Crippen molar-refractivity contribution < 1.29 is 0 Å². The van der Waals surface area contributed by atoms with Gasteiger partial charge in [0.15, 0.2) is 0 Å². The van der Waals surface area contributed by atoms with Crippen LogP contribution in [0.5, 0.6) is 0 Å². The molecular weight excluding hydrogens is 855 g/mol. The highest BCUT2D eigenvalue weighted by Gasteiger charge is 2.41. The maximum atomic E-state index is 2.56. The van der Waals surface area contributed by atoms with Crippen molar-refractivity contribution in [2.24, 2.45) is 0 Å². The Hall–Kier alpha value is -9.04. The van der Waals surface area contributed by atoms with Crippen LogP contribution in [0.15, 0.2) is 279 Å². The Labute approximate surface area is 416 Å². The smallest absolute Gasteiger partial charge is 0.0618 e. The quantitative estimate of drug-likeness (QED) is 0.130. The van der Waals surface area contributed by atoms with Gasteiger partial charge < -0.3 is 4.90 Å². The number of para-hydroxylation sites is 2. The van der Waals surface area contributed by atoms with E-state index in [1.54, 1.807) is 0 Å². The fraction of sp³-hybridized carbons (Fsp3) is 0.0286. The van der Waals surface area contributed by atoms with Gasteiger partial charge in [-0.05, 0) is 119 Å². The second-order valence-electron chi connectivity index (χ2n) is 18.8. The molecular formula is C70H49N. The minimum atomic E-state index is -0.388. The van der Waals surface area contributed by atoms with Crippen molar-refractivity contribution in [2.45, 2.75) is 12.3 Å². The molecule has 12 aromatic rings. The summed E-state index contributed by atoms with van der Waals surface area (Å²) < 4.78 is 0. The molecule has 1 nitrogen and oxygen atoms in total. The normalized spacial score (nSPS) is 13.8. The predicted molar refractivity (Wildman–Crippen MR) is 301 cm³/mol. The Balaban J connectivity index is 1.12. The lowest BCUT2D eigenvalue weighted by atomic mass is 9.74. The van der Waals surface area contributed by atoms with Crippen molar-refractivity contribution in [1.82, 2.24) is 0 Å². The van der Waals surface area contributed by atoms with Crippen molar-refractivity contribution in [2.75, 3.05) is 4.90 Å². The molecule has 12 aromatic carbocycles. The van der Waals surface area contributed by atoms with Crippen LogP contribution in [0.3, 0.4) is 0 Å². The van der Waals surface area contributed by atoms with E-state index in [0.717, 1.165) is 50.4 Å². The average molecular weight is 904 g/mol. The van der Waals surface area contributed by atoms with Crippen LogP contribution in [-0.2, 0) is 5.41 Å². The van der Waals surface area contributed by atoms with Crippen molar-refractivity contribution >= 4 is 38.6 Å². The van der Waals surface area contributed by atoms with E-state index >= 15 is 0 Å². The molecule has 0 radical (unpaired) electrons. The fourth-order valence-corrected chi connectivity index (χ4v) is 11.7. The van der Waals surface area contributed by atoms with E-state index in [1.807, 2.05) is 0 Å². The molecule has 71 heavy (non-hydrogen) atoms. The molecule has 0 saturated heterocycles. The summed E-state index contributed by atoms with van der Waals surface area (Å²) in [6.45, 7) is 2.41. The first-order valence-electron chi connectivity index (χ1n) is 24.7. The summed E-state index contributed by atoms with van der Waals surface area (Å²) in [5.41, 5.74) is 21.2. The van der Waals surface area contributed by atoms with E-state index in [-0.39, 0.29) is 5.41 Å². The number of hydrogen-bond acceptors (Lipinski definition) is 1. The molecule has 334 valence electrons. The predicted octanol–water partition coefficient (Wildman–Crippen LogP) is 19.1. The van der Waals surface area contributed by atoms with Gasteiger partial charge in [-0.3, -0.25) is 0 Å². The molecule has 1 aliphatic carbocycles. The fourth-order valence-electron chi connectivity index (χ4n) is 11.7. The van der Waals surface area contributed by atoms with Gasteiger partial charge >= 0.3 is 0 Å². The lowest BCUT2D eigenvalue weighted by Crippen LogP contribution is -2.23. The van der Waals surface area contributed by atoms with E-state index in [0.29, 0.717) is 0 Å². The van der Waals surface area contributed by atoms with Gasteiger partial charge in [-0.15, -0.1) is 0 Å². The standard InChI is InChI=1S/C70H49N/c1-70(53-32-15-6-16-33-53)64-40-21-19-36-60(64)61-45-43-54(47-65(61)70)71(69-56(48-24-7-2-8-25-48)38-23-39-57(69)49-26-9-3-10-27-49)66-41-22-20-34-55(66)52-42-44-59-58-35-17-18-37-62(58)67(50-28-11-4-12-29-50)68(63(59)46-52)51-30-13-5-14-31-51/h2-47H,1H3. The number of benzene rings is 12. The van der Waals surface area contributed by atoms with E-state index in [9.17, 15) is 0 Å². The van der Waals surface area contributed by atoms with E-state index in [1.165, 1.54) is 71.6 Å². The topological polar surface area (TPSA) is 3.24 Å². The summed E-state index contributed by atoms with van der Waals surface area (Å²) in [6, 6.07) is 103. The summed E-state index contributed by atoms with van der Waals surface area (Å²) in [5, 5.41) is 4.94. The molecule has 0 saturated carbocycles. The van der Waals surface area contributed by atoms with Crippen LogP contribution in [0.25, 0.3) is 88.3 Å². The molecule has 1 atom stereocenters. The number of anilines is 3. The molecule has 0 aromatic heterocycles. The SMILES string of the molecule is CC1(c2ccccc2)c2ccccc2-c2ccc(N(c3ccccc3-c3ccc4c(c3)c(-c3ccccc3)c(-c3ccccc3)c3ccccc34)c3c(-c4ccccc4)cccc3-c3ccccc3)cc21. The Kier molecular flexibility index (Phi) is 10.4. The summed E-state index contributed by atoms with van der Waals surface area (Å²) in [4.78, 5) is 2.56. The van der Waals surface area contributed by atoms with Crippen LogP contribution in [-0.4, -0.2) is 0 Å². The van der Waals surface area contributed by atoms with Gasteiger partial charge in [-0.1, -0.05) is 255 Å². The second-order valence-corrected chi connectivity index (χ2v) is 18.8. The molecule has 0 bridgehead atoms. The molecule has 0 aliphatic heterocycles. The first kappa shape index (κ1) is 42.1. The molecule has 13 rings (SSSR count). The van der Waals surface area contributed by atoms with Crippen molar-refractivity contribution in [1.29, 1.82) is 0 Å². The Morgan fingerprint density at radius 1 is 0.282 bits per heavy atom. The van der Waals surface area contributed by atoms with Crippen molar-refractivity contribution in [3.8, 4) is 66.8 Å². The highest BCUT2D eigenvalue weighted by atomic mass is 15.2. The summed E-state index contributed by atoms with van der Waals surface area (Å²) in [7, 11) is 0. The van der Waals surface area contributed by atoms with Gasteiger partial charge in [0.1, 0.15) is 0 Å². The van der Waals surface area contributed by atoms with Gasteiger partial charge in [0.05, 0.1) is 11.4 Å². The summed E-state index contributed by atoms with van der Waals surface area (Å²) in [5.74, 6) is 0. The second kappa shape index (κ2) is 17.5. The van der Waals surface area contributed by atoms with Crippen LogP contribution >= 0.6 is 0 Å². The monoisotopic (exact) mass is 903 g/mol. The molecule has 1 heteroatoms. The van der Waals surface area contributed by atoms with Gasteiger partial charge in [-0.25, -0.2) is 0 Å². The largest absolute Gasteiger partial charge is 0.309 e. The highest BCUT2D eigenvalue weighted by molar-refractivity contribution is 6.22. The summed E-state index contributed by atoms with van der Waals surface area (Å²) in [6.07, 6.45) is 0. The zero-order chi connectivity index (χ0) is 47.3. The third-order valence-corrected chi connectivity index (χ3v) is 14.9. The van der Waals surface area contributed by atoms with Gasteiger partial charge in [0.2, 0.25) is 0 Å². The van der Waals surface area contributed by atoms with Crippen molar-refractivity contribution in [3.05, 3.63) is 296 Å². The number of rotatable bonds is 9. The lowest BCUT2D eigenvalue weighted by Gasteiger charge is -2.34. The van der Waals surface area contributed by atoms with Crippen LogP contribution < -0.4 is 4.90 Å². The Morgan fingerprint density at radius 3 is 1.38 bits per heavy atom. The number of nitrogens with zero attached hydrogens (tertiary/aromatic N) is 1. The third kappa shape index (κ3) is 7.00. The zero-order valence-corrected chi connectivity index (χ0v) is 39.5. The maximum absolute atomic E-state index is 2.56. The molecule has 1 aliphatic rings. The average Bonchev–Trinajstić information content (AvgIpc) is 3.71. The van der Waals surface area contributed by atoms with Crippen LogP contribution in [0.1, 0.15) is 23.6 Å². The van der Waals surface area contributed by atoms with E-state index < -0.39 is 0 Å². The number of fused-ring (bicyclic) bond motifs is 6. The zero-order valence-electron chi connectivity index (χ0n) is 39.5. The van der Waals surface area contributed by atoms with E-state index in [4.69, 9.17) is 0 Å². The van der Waals surface area contributed by atoms with Crippen molar-refractivity contribution in [3.63, 3.8) is 0 Å². The minimum absolute atomic E-state index is 0.388.